The van der Waals surface area contributed by atoms with Crippen molar-refractivity contribution in [3.63, 3.8) is 0 Å². The Morgan fingerprint density at radius 1 is 1.46 bits per heavy atom. The fourth-order valence-corrected chi connectivity index (χ4v) is 1.45. The zero-order valence-electron chi connectivity index (χ0n) is 8.76. The van der Waals surface area contributed by atoms with Gasteiger partial charge in [0.05, 0.1) is 0 Å². The Labute approximate surface area is 82.0 Å². The quantitative estimate of drug-likeness (QED) is 0.453. The molecule has 1 fully saturated rings. The molecule has 0 heterocycles. The second-order valence-electron chi connectivity index (χ2n) is 3.89. The van der Waals surface area contributed by atoms with Crippen molar-refractivity contribution >= 4 is 0 Å². The number of unbranched alkanes of at least 4 members (excludes halogenated alkanes) is 1. The number of likely N-dealkylation sites (N-methyl/N-ethyl adjacent to an activating group) is 1. The first kappa shape index (κ1) is 10.7. The maximum Gasteiger partial charge on any atom is 0.0107 e. The van der Waals surface area contributed by atoms with Gasteiger partial charge < -0.3 is 10.2 Å². The van der Waals surface area contributed by atoms with Gasteiger partial charge in [0.1, 0.15) is 0 Å². The van der Waals surface area contributed by atoms with E-state index in [0.717, 1.165) is 25.6 Å². The zero-order valence-corrected chi connectivity index (χ0v) is 8.76. The average Bonchev–Trinajstić information content (AvgIpc) is 2.93. The highest BCUT2D eigenvalue weighted by Gasteiger charge is 2.25. The molecule has 1 saturated carbocycles. The van der Waals surface area contributed by atoms with Crippen molar-refractivity contribution in [1.82, 2.24) is 10.2 Å². The molecule has 2 heteroatoms. The molecule has 0 amide bonds. The Morgan fingerprint density at radius 3 is 2.85 bits per heavy atom. The predicted molar refractivity (Wildman–Crippen MR) is 58.0 cm³/mol. The van der Waals surface area contributed by atoms with Gasteiger partial charge in [-0.15, -0.1) is 6.58 Å². The third-order valence-electron chi connectivity index (χ3n) is 2.57. The number of rotatable bonds is 8. The first-order valence-corrected chi connectivity index (χ1v) is 5.36. The minimum atomic E-state index is 0.898. The van der Waals surface area contributed by atoms with Crippen LogP contribution in [0.1, 0.15) is 25.7 Å². The lowest BCUT2D eigenvalue weighted by atomic mass is 10.3. The monoisotopic (exact) mass is 182 g/mol. The van der Waals surface area contributed by atoms with Crippen LogP contribution in [0.4, 0.5) is 0 Å². The Hall–Kier alpha value is -0.340. The number of hydrogen-bond donors (Lipinski definition) is 1. The van der Waals surface area contributed by atoms with E-state index in [0.29, 0.717) is 0 Å². The van der Waals surface area contributed by atoms with Crippen LogP contribution >= 0.6 is 0 Å². The van der Waals surface area contributed by atoms with E-state index < -0.39 is 0 Å². The molecule has 1 aliphatic carbocycles. The molecule has 0 saturated heterocycles. The van der Waals surface area contributed by atoms with Crippen molar-refractivity contribution in [3.8, 4) is 0 Å². The topological polar surface area (TPSA) is 15.3 Å². The first-order chi connectivity index (χ1) is 6.34. The maximum atomic E-state index is 3.70. The number of allylic oxidation sites excluding steroid dienone is 1. The fraction of sp³-hybridized carbons (Fsp3) is 0.818. The highest BCUT2D eigenvalue weighted by atomic mass is 15.2. The minimum absolute atomic E-state index is 0.898. The molecule has 0 spiro atoms. The predicted octanol–water partition coefficient (Wildman–Crippen LogP) is 1.64. The van der Waals surface area contributed by atoms with Crippen molar-refractivity contribution < 1.29 is 0 Å². The van der Waals surface area contributed by atoms with Crippen LogP contribution in [-0.2, 0) is 0 Å². The third kappa shape index (κ3) is 5.06. The van der Waals surface area contributed by atoms with Crippen LogP contribution in [-0.4, -0.2) is 37.6 Å². The fourth-order valence-electron chi connectivity index (χ4n) is 1.45. The molecule has 0 unspecified atom stereocenters. The lowest BCUT2D eigenvalue weighted by Crippen LogP contribution is -2.31. The summed E-state index contributed by atoms with van der Waals surface area (Å²) in [5, 5.41) is 3.44. The van der Waals surface area contributed by atoms with Crippen molar-refractivity contribution in [2.75, 3.05) is 26.7 Å². The maximum absolute atomic E-state index is 3.70. The average molecular weight is 182 g/mol. The van der Waals surface area contributed by atoms with Gasteiger partial charge in [-0.25, -0.2) is 0 Å². The Bertz CT molecular complexity index is 141. The molecule has 2 nitrogen and oxygen atoms in total. The summed E-state index contributed by atoms with van der Waals surface area (Å²) in [5.41, 5.74) is 0. The largest absolute Gasteiger partial charge is 0.315 e. The number of hydrogen-bond acceptors (Lipinski definition) is 2. The van der Waals surface area contributed by atoms with E-state index in [1.165, 1.54) is 25.8 Å². The van der Waals surface area contributed by atoms with E-state index in [4.69, 9.17) is 0 Å². The molecule has 0 aliphatic heterocycles. The number of nitrogens with zero attached hydrogens (tertiary/aromatic N) is 1. The van der Waals surface area contributed by atoms with Crippen molar-refractivity contribution in [1.29, 1.82) is 0 Å². The molecule has 0 aromatic rings. The molecule has 0 radical (unpaired) electrons. The van der Waals surface area contributed by atoms with Crippen LogP contribution in [0.25, 0.3) is 0 Å². The SMILES string of the molecule is C=CCCCNCCN(C)C1CC1. The van der Waals surface area contributed by atoms with Gasteiger partial charge in [-0.2, -0.15) is 0 Å². The number of nitrogens with one attached hydrogen (secondary N) is 1. The highest BCUT2D eigenvalue weighted by molar-refractivity contribution is 4.82. The first-order valence-electron chi connectivity index (χ1n) is 5.36. The van der Waals surface area contributed by atoms with Gasteiger partial charge >= 0.3 is 0 Å². The smallest absolute Gasteiger partial charge is 0.0107 e. The summed E-state index contributed by atoms with van der Waals surface area (Å²) in [6.45, 7) is 7.15. The van der Waals surface area contributed by atoms with Gasteiger partial charge in [0.15, 0.2) is 0 Å². The summed E-state index contributed by atoms with van der Waals surface area (Å²) < 4.78 is 0. The standard InChI is InChI=1S/C11H22N2/c1-3-4-5-8-12-9-10-13(2)11-6-7-11/h3,11-12H,1,4-10H2,2H3. The van der Waals surface area contributed by atoms with Crippen molar-refractivity contribution in [2.24, 2.45) is 0 Å². The molecule has 13 heavy (non-hydrogen) atoms. The lowest BCUT2D eigenvalue weighted by Gasteiger charge is -2.15. The van der Waals surface area contributed by atoms with Crippen LogP contribution < -0.4 is 5.32 Å². The van der Waals surface area contributed by atoms with Gasteiger partial charge in [-0.3, -0.25) is 0 Å². The van der Waals surface area contributed by atoms with E-state index >= 15 is 0 Å². The van der Waals surface area contributed by atoms with E-state index in [1.54, 1.807) is 0 Å². The molecular weight excluding hydrogens is 160 g/mol. The summed E-state index contributed by atoms with van der Waals surface area (Å²) in [6.07, 6.45) is 7.15. The van der Waals surface area contributed by atoms with E-state index in [-0.39, 0.29) is 0 Å². The Morgan fingerprint density at radius 2 is 2.23 bits per heavy atom. The molecule has 0 atom stereocenters. The second-order valence-corrected chi connectivity index (χ2v) is 3.89. The summed E-state index contributed by atoms with van der Waals surface area (Å²) in [7, 11) is 2.23. The molecule has 1 aliphatic rings. The third-order valence-corrected chi connectivity index (χ3v) is 2.57. The van der Waals surface area contributed by atoms with Crippen LogP contribution in [0, 0.1) is 0 Å². The summed E-state index contributed by atoms with van der Waals surface area (Å²) >= 11 is 0. The Balaban J connectivity index is 1.80. The Kier molecular flexibility index (Phi) is 5.09. The molecule has 0 bridgehead atoms. The molecule has 0 aromatic carbocycles. The molecule has 76 valence electrons. The van der Waals surface area contributed by atoms with E-state index in [9.17, 15) is 0 Å². The molecule has 1 rings (SSSR count). The van der Waals surface area contributed by atoms with Crippen LogP contribution in [0.5, 0.6) is 0 Å². The van der Waals surface area contributed by atoms with E-state index in [1.807, 2.05) is 6.08 Å². The highest BCUT2D eigenvalue weighted by Crippen LogP contribution is 2.24. The molecule has 1 N–H and O–H groups in total. The van der Waals surface area contributed by atoms with Crippen molar-refractivity contribution in [3.05, 3.63) is 12.7 Å². The minimum Gasteiger partial charge on any atom is -0.315 e. The van der Waals surface area contributed by atoms with Gasteiger partial charge in [-0.1, -0.05) is 6.08 Å². The van der Waals surface area contributed by atoms with Crippen LogP contribution in [0.3, 0.4) is 0 Å². The zero-order chi connectivity index (χ0) is 9.52. The van der Waals surface area contributed by atoms with Gasteiger partial charge in [0.25, 0.3) is 0 Å². The van der Waals surface area contributed by atoms with Crippen molar-refractivity contribution in [2.45, 2.75) is 31.7 Å². The van der Waals surface area contributed by atoms with Gasteiger partial charge in [0.2, 0.25) is 0 Å². The van der Waals surface area contributed by atoms with Crippen LogP contribution in [0.2, 0.25) is 0 Å². The molecular formula is C11H22N2. The second kappa shape index (κ2) is 6.17. The summed E-state index contributed by atoms with van der Waals surface area (Å²) in [4.78, 5) is 2.46. The summed E-state index contributed by atoms with van der Waals surface area (Å²) in [5.74, 6) is 0. The van der Waals surface area contributed by atoms with Gasteiger partial charge in [0, 0.05) is 19.1 Å². The molecule has 0 aromatic heterocycles. The lowest BCUT2D eigenvalue weighted by molar-refractivity contribution is 0.322. The van der Waals surface area contributed by atoms with E-state index in [2.05, 4.69) is 23.8 Å². The van der Waals surface area contributed by atoms with Gasteiger partial charge in [-0.05, 0) is 39.3 Å². The van der Waals surface area contributed by atoms with Crippen LogP contribution in [0.15, 0.2) is 12.7 Å². The normalized spacial score (nSPS) is 16.5. The summed E-state index contributed by atoms with van der Waals surface area (Å²) in [6, 6.07) is 0.898.